The first kappa shape index (κ1) is 24.7. The van der Waals surface area contributed by atoms with Crippen LogP contribution < -0.4 is 15.6 Å². The van der Waals surface area contributed by atoms with Crippen molar-refractivity contribution in [2.45, 2.75) is 45.4 Å². The number of β-lactam (4-membered cyclic amide) rings is 1. The largest absolute Gasteiger partial charge is 0.543 e. The summed E-state index contributed by atoms with van der Waals surface area (Å²) in [4.78, 5) is 25.8. The van der Waals surface area contributed by atoms with Crippen LogP contribution in [0, 0.1) is 11.8 Å². The molecule has 0 spiro atoms. The molecule has 2 fully saturated rings. The molecule has 0 aromatic heterocycles. The molecule has 2 saturated heterocycles. The molecule has 0 saturated carbocycles. The van der Waals surface area contributed by atoms with Crippen LogP contribution >= 0.6 is 0 Å². The van der Waals surface area contributed by atoms with Gasteiger partial charge in [-0.05, 0) is 23.9 Å². The predicted octanol–water partition coefficient (Wildman–Crippen LogP) is 1.15. The second-order valence-corrected chi connectivity index (χ2v) is 10.6. The van der Waals surface area contributed by atoms with E-state index < -0.39 is 18.0 Å². The number of carbonyl (C=O) groups is 2. The normalized spacial score (nSPS) is 25.7. The Morgan fingerprint density at radius 3 is 2.58 bits per heavy atom. The van der Waals surface area contributed by atoms with Gasteiger partial charge < -0.3 is 34.9 Å². The lowest BCUT2D eigenvalue weighted by atomic mass is 9.78. The fraction of sp³-hybridized carbons (Fsp3) is 0.500. The molecule has 192 valence electrons. The molecule has 0 bridgehead atoms. The van der Waals surface area contributed by atoms with Gasteiger partial charge in [-0.3, -0.25) is 4.79 Å². The molecular formula is C28H35N3O5. The highest BCUT2D eigenvalue weighted by molar-refractivity contribution is 5.99. The zero-order chi connectivity index (χ0) is 25.6. The van der Waals surface area contributed by atoms with E-state index in [-0.39, 0.29) is 30.2 Å². The zero-order valence-electron chi connectivity index (χ0n) is 21.0. The maximum atomic E-state index is 12.6. The highest BCUT2D eigenvalue weighted by Crippen LogP contribution is 2.47. The van der Waals surface area contributed by atoms with Crippen molar-refractivity contribution in [3.8, 4) is 5.75 Å². The van der Waals surface area contributed by atoms with Gasteiger partial charge >= 0.3 is 0 Å². The maximum absolute atomic E-state index is 12.6. The Labute approximate surface area is 211 Å². The number of fused-ring (bicyclic) bond motifs is 2. The number of aliphatic hydroxyl groups is 1. The van der Waals surface area contributed by atoms with E-state index in [1.807, 2.05) is 31.2 Å². The lowest BCUT2D eigenvalue weighted by Crippen LogP contribution is -2.64. The van der Waals surface area contributed by atoms with Crippen LogP contribution in [0.1, 0.15) is 32.3 Å². The van der Waals surface area contributed by atoms with Gasteiger partial charge in [0.2, 0.25) is 5.91 Å². The van der Waals surface area contributed by atoms with Crippen LogP contribution in [0.25, 0.3) is 10.8 Å². The molecule has 5 rings (SSSR count). The van der Waals surface area contributed by atoms with Gasteiger partial charge in [-0.1, -0.05) is 37.3 Å². The van der Waals surface area contributed by atoms with E-state index in [2.05, 4.69) is 12.1 Å². The number of hydrogen-bond donors (Lipinski definition) is 2. The van der Waals surface area contributed by atoms with Gasteiger partial charge in [-0.15, -0.1) is 0 Å². The summed E-state index contributed by atoms with van der Waals surface area (Å²) in [6.45, 7) is 8.33. The van der Waals surface area contributed by atoms with Crippen molar-refractivity contribution in [1.82, 2.24) is 4.90 Å². The minimum atomic E-state index is -1.39. The summed E-state index contributed by atoms with van der Waals surface area (Å²) >= 11 is 0. The number of carboxylic acid groups (broad SMARTS) is 1. The summed E-state index contributed by atoms with van der Waals surface area (Å²) < 4.78 is 7.24. The van der Waals surface area contributed by atoms with Crippen molar-refractivity contribution in [3.05, 3.63) is 53.2 Å². The number of quaternary nitrogens is 1. The van der Waals surface area contributed by atoms with E-state index in [0.29, 0.717) is 17.9 Å². The molecule has 3 heterocycles. The number of rotatable bonds is 9. The Bertz CT molecular complexity index is 1220. The average Bonchev–Trinajstić information content (AvgIpc) is 3.38. The third-order valence-electron chi connectivity index (χ3n) is 8.49. The minimum absolute atomic E-state index is 0.0355. The standard InChI is InChI=1S/C28H35N3O5/c1-17-22(26(28(34)35)30-25(17)24(18(2)32)27(30)33)16-36-23-10-6-8-20-19(7-5-9-21(20)23)15-31(14-11-29)12-3-4-13-31/h5-10,17-18,24-25,32H,3-4,11-16,29H2,1-2H3/t17-,18+,24+,25+/m0/s1. The van der Waals surface area contributed by atoms with E-state index >= 15 is 0 Å². The third kappa shape index (κ3) is 3.97. The number of amides is 1. The van der Waals surface area contributed by atoms with Gasteiger partial charge in [0.25, 0.3) is 0 Å². The Morgan fingerprint density at radius 1 is 1.22 bits per heavy atom. The van der Waals surface area contributed by atoms with Crippen LogP contribution in [0.15, 0.2) is 47.7 Å². The van der Waals surface area contributed by atoms with Gasteiger partial charge in [0.05, 0.1) is 49.4 Å². The van der Waals surface area contributed by atoms with E-state index in [1.54, 1.807) is 6.92 Å². The van der Waals surface area contributed by atoms with Crippen molar-refractivity contribution in [2.75, 3.05) is 32.8 Å². The Kier molecular flexibility index (Phi) is 6.53. The topological polar surface area (TPSA) is 116 Å². The number of ether oxygens (including phenoxy) is 1. The third-order valence-corrected chi connectivity index (χ3v) is 8.49. The zero-order valence-corrected chi connectivity index (χ0v) is 21.0. The summed E-state index contributed by atoms with van der Waals surface area (Å²) in [5.41, 5.74) is 7.63. The fourth-order valence-electron chi connectivity index (χ4n) is 6.69. The number of benzene rings is 2. The Balaban J connectivity index is 1.42. The predicted molar refractivity (Wildman–Crippen MR) is 133 cm³/mol. The van der Waals surface area contributed by atoms with Crippen molar-refractivity contribution in [1.29, 1.82) is 0 Å². The average molecular weight is 494 g/mol. The molecule has 8 heteroatoms. The fourth-order valence-corrected chi connectivity index (χ4v) is 6.69. The maximum Gasteiger partial charge on any atom is 0.235 e. The first-order valence-electron chi connectivity index (χ1n) is 12.9. The number of carbonyl (C=O) groups excluding carboxylic acids is 2. The van der Waals surface area contributed by atoms with Gasteiger partial charge in [0, 0.05) is 36.3 Å². The first-order valence-corrected chi connectivity index (χ1v) is 12.9. The molecule has 4 atom stereocenters. The number of nitrogens with zero attached hydrogens (tertiary/aromatic N) is 2. The second-order valence-electron chi connectivity index (χ2n) is 10.6. The van der Waals surface area contributed by atoms with Crippen molar-refractivity contribution < 1.29 is 29.0 Å². The highest BCUT2D eigenvalue weighted by Gasteiger charge is 2.58. The number of carboxylic acids is 1. The molecule has 2 aromatic rings. The van der Waals surface area contributed by atoms with Gasteiger partial charge in [0.15, 0.2) is 0 Å². The van der Waals surface area contributed by atoms with E-state index in [0.717, 1.165) is 41.4 Å². The second kappa shape index (κ2) is 9.50. The molecule has 2 aromatic carbocycles. The monoisotopic (exact) mass is 493 g/mol. The van der Waals surface area contributed by atoms with Crippen molar-refractivity contribution in [2.24, 2.45) is 17.6 Å². The molecule has 0 radical (unpaired) electrons. The molecule has 0 unspecified atom stereocenters. The number of nitrogens with two attached hydrogens (primary N) is 1. The summed E-state index contributed by atoms with van der Waals surface area (Å²) in [5.74, 6) is -1.95. The first-order chi connectivity index (χ1) is 17.3. The number of aliphatic carboxylic acids is 1. The van der Waals surface area contributed by atoms with E-state index in [4.69, 9.17) is 10.5 Å². The van der Waals surface area contributed by atoms with Crippen LogP contribution in [0.5, 0.6) is 5.75 Å². The lowest BCUT2D eigenvalue weighted by Gasteiger charge is -2.47. The Hall–Kier alpha value is -2.94. The Morgan fingerprint density at radius 2 is 1.92 bits per heavy atom. The summed E-state index contributed by atoms with van der Waals surface area (Å²) in [6, 6.07) is 11.8. The molecule has 36 heavy (non-hydrogen) atoms. The minimum Gasteiger partial charge on any atom is -0.543 e. The van der Waals surface area contributed by atoms with Gasteiger partial charge in [-0.2, -0.15) is 0 Å². The van der Waals surface area contributed by atoms with Crippen LogP contribution in [0.4, 0.5) is 0 Å². The number of aliphatic hydroxyl groups excluding tert-OH is 1. The number of likely N-dealkylation sites (tertiary alicyclic amines) is 1. The van der Waals surface area contributed by atoms with Crippen molar-refractivity contribution in [3.63, 3.8) is 0 Å². The van der Waals surface area contributed by atoms with Crippen LogP contribution in [-0.4, -0.2) is 71.3 Å². The summed E-state index contributed by atoms with van der Waals surface area (Å²) in [5, 5.41) is 24.1. The SMILES string of the molecule is C[C@@H](O)[C@H]1C(=O)N2C(C(=O)[O-])=C(COc3cccc4c(C[N+]5(CCN)CCCC5)cccc34)[C@H](C)[C@H]12. The molecule has 3 aliphatic heterocycles. The molecule has 3 aliphatic rings. The van der Waals surface area contributed by atoms with E-state index in [9.17, 15) is 19.8 Å². The molecular weight excluding hydrogens is 458 g/mol. The molecule has 1 amide bonds. The van der Waals surface area contributed by atoms with Gasteiger partial charge in [0.1, 0.15) is 18.9 Å². The van der Waals surface area contributed by atoms with Crippen LogP contribution in [0.3, 0.4) is 0 Å². The molecule has 0 aliphatic carbocycles. The van der Waals surface area contributed by atoms with E-state index in [1.165, 1.54) is 23.3 Å². The summed E-state index contributed by atoms with van der Waals surface area (Å²) in [7, 11) is 0. The quantitative estimate of drug-likeness (QED) is 0.400. The lowest BCUT2D eigenvalue weighted by molar-refractivity contribution is -0.928. The van der Waals surface area contributed by atoms with Crippen molar-refractivity contribution >= 4 is 22.6 Å². The smallest absolute Gasteiger partial charge is 0.235 e. The van der Waals surface area contributed by atoms with Crippen LogP contribution in [-0.2, 0) is 16.1 Å². The molecule has 3 N–H and O–H groups in total. The molecule has 8 nitrogen and oxygen atoms in total. The number of hydrogen-bond acceptors (Lipinski definition) is 6. The van der Waals surface area contributed by atoms with Gasteiger partial charge in [-0.25, -0.2) is 0 Å². The van der Waals surface area contributed by atoms with Crippen LogP contribution in [0.2, 0.25) is 0 Å². The highest BCUT2D eigenvalue weighted by atomic mass is 16.5. The summed E-state index contributed by atoms with van der Waals surface area (Å²) in [6.07, 6.45) is 1.61.